The van der Waals surface area contributed by atoms with Gasteiger partial charge in [-0.05, 0) is 63.7 Å². The van der Waals surface area contributed by atoms with Crippen LogP contribution in [0.1, 0.15) is 65.1 Å². The summed E-state index contributed by atoms with van der Waals surface area (Å²) in [5.41, 5.74) is 0.816. The van der Waals surface area contributed by atoms with Gasteiger partial charge in [0.25, 0.3) is 0 Å². The molecule has 212 valence electrons. The molecule has 1 heterocycles. The summed E-state index contributed by atoms with van der Waals surface area (Å²) >= 11 is 0. The molecule has 0 amide bonds. The average Bonchev–Trinajstić information content (AvgIpc) is 3.40. The van der Waals surface area contributed by atoms with Gasteiger partial charge in [-0.25, -0.2) is 4.79 Å². The van der Waals surface area contributed by atoms with Crippen molar-refractivity contribution in [3.63, 3.8) is 0 Å². The monoisotopic (exact) mass is 539 g/mol. The smallest absolute Gasteiger partial charge is 0.331 e. The third kappa shape index (κ3) is 3.79. The van der Waals surface area contributed by atoms with Gasteiger partial charge in [0, 0.05) is 46.5 Å². The molecule has 8 nitrogen and oxygen atoms in total. The van der Waals surface area contributed by atoms with Crippen LogP contribution >= 0.6 is 0 Å². The second-order valence-corrected chi connectivity index (χ2v) is 12.1. The van der Waals surface area contributed by atoms with Gasteiger partial charge in [-0.1, -0.05) is 32.0 Å². The highest BCUT2D eigenvalue weighted by Crippen LogP contribution is 2.70. The number of esters is 1. The molecule has 2 saturated carbocycles. The zero-order valence-corrected chi connectivity index (χ0v) is 24.1. The summed E-state index contributed by atoms with van der Waals surface area (Å²) in [6.07, 6.45) is 2.71. The summed E-state index contributed by atoms with van der Waals surface area (Å²) in [6.45, 7) is 9.28. The number of para-hydroxylation sites is 1. The normalized spacial score (nSPS) is 36.6. The van der Waals surface area contributed by atoms with Gasteiger partial charge in [-0.2, -0.15) is 0 Å². The highest BCUT2D eigenvalue weighted by Gasteiger charge is 2.75. The topological polar surface area (TPSA) is 107 Å². The van der Waals surface area contributed by atoms with E-state index < -0.39 is 34.3 Å². The van der Waals surface area contributed by atoms with E-state index in [2.05, 4.69) is 31.0 Å². The first-order valence-corrected chi connectivity index (χ1v) is 13.8. The molecule has 39 heavy (non-hydrogen) atoms. The number of ether oxygens (including phenoxy) is 4. The Morgan fingerprint density at radius 1 is 1.18 bits per heavy atom. The zero-order chi connectivity index (χ0) is 28.4. The van der Waals surface area contributed by atoms with E-state index >= 15 is 0 Å². The van der Waals surface area contributed by atoms with Crippen molar-refractivity contribution in [3.8, 4) is 0 Å². The molecule has 0 bridgehead atoms. The molecule has 5 rings (SSSR count). The average molecular weight is 540 g/mol. The lowest BCUT2D eigenvalue weighted by Crippen LogP contribution is -2.75. The van der Waals surface area contributed by atoms with Crippen molar-refractivity contribution >= 4 is 22.7 Å². The summed E-state index contributed by atoms with van der Waals surface area (Å²) < 4.78 is 23.6. The van der Waals surface area contributed by atoms with Gasteiger partial charge < -0.3 is 29.0 Å². The molecule has 3 aliphatic rings. The number of rotatable bonds is 7. The largest absolute Gasteiger partial charge is 0.467 e. The number of carbonyl (C=O) groups excluding carboxylic acids is 2. The van der Waals surface area contributed by atoms with Crippen molar-refractivity contribution in [2.75, 3.05) is 20.8 Å². The van der Waals surface area contributed by atoms with Crippen LogP contribution in [0.25, 0.3) is 10.9 Å². The maximum atomic E-state index is 13.2. The first-order valence-electron chi connectivity index (χ1n) is 13.8. The Morgan fingerprint density at radius 2 is 1.90 bits per heavy atom. The fraction of sp³-hybridized carbons (Fsp3) is 0.613. The van der Waals surface area contributed by atoms with Gasteiger partial charge in [-0.3, -0.25) is 4.79 Å². The fourth-order valence-corrected chi connectivity index (χ4v) is 8.10. The third-order valence-electron chi connectivity index (χ3n) is 10.1. The first-order chi connectivity index (χ1) is 18.4. The number of ketones is 1. The second kappa shape index (κ2) is 9.54. The van der Waals surface area contributed by atoms with Crippen molar-refractivity contribution in [1.29, 1.82) is 0 Å². The van der Waals surface area contributed by atoms with E-state index in [1.54, 1.807) is 7.11 Å². The van der Waals surface area contributed by atoms with Crippen LogP contribution < -0.4 is 0 Å². The minimum atomic E-state index is -1.69. The van der Waals surface area contributed by atoms with Gasteiger partial charge in [0.05, 0.1) is 19.3 Å². The quantitative estimate of drug-likeness (QED) is 0.306. The van der Waals surface area contributed by atoms with E-state index in [0.717, 1.165) is 17.6 Å². The lowest BCUT2D eigenvalue weighted by molar-refractivity contribution is -0.299. The third-order valence-corrected chi connectivity index (χ3v) is 10.1. The first kappa shape index (κ1) is 28.0. The minimum absolute atomic E-state index is 0.135. The minimum Gasteiger partial charge on any atom is -0.467 e. The van der Waals surface area contributed by atoms with Gasteiger partial charge in [0.1, 0.15) is 12.2 Å². The molecule has 0 radical (unpaired) electrons. The van der Waals surface area contributed by atoms with Gasteiger partial charge >= 0.3 is 5.97 Å². The summed E-state index contributed by atoms with van der Waals surface area (Å²) in [5, 5.41) is 14.4. The number of aromatic amines is 1. The molecule has 6 atom stereocenters. The maximum absolute atomic E-state index is 13.2. The predicted molar refractivity (Wildman–Crippen MR) is 146 cm³/mol. The number of aromatic nitrogens is 1. The van der Waals surface area contributed by atoms with E-state index in [9.17, 15) is 14.7 Å². The van der Waals surface area contributed by atoms with Crippen LogP contribution in [0.5, 0.6) is 0 Å². The molecule has 8 heteroatoms. The standard InChI is InChI=1S/C31H41NO7/c1-18(2)39-30(37-7)13-12-28(4)29(5)20(15-22-21-10-8-9-11-23(21)32-27(22)29)16-25(38-17-26(34)36-6)31(28,35)24(30)14-19(3)33/h8-11,14,18,20,25,32,35H,12-13,15-17H2,1-7H3/b24-14+/t20-,25+,28?,29-,30+,31+/m1/s1. The van der Waals surface area contributed by atoms with E-state index in [1.165, 1.54) is 31.1 Å². The van der Waals surface area contributed by atoms with E-state index in [0.29, 0.717) is 24.8 Å². The Balaban J connectivity index is 1.75. The summed E-state index contributed by atoms with van der Waals surface area (Å²) in [7, 11) is 2.86. The van der Waals surface area contributed by atoms with Crippen molar-refractivity contribution in [2.24, 2.45) is 11.3 Å². The van der Waals surface area contributed by atoms with Crippen LogP contribution in [-0.2, 0) is 40.4 Å². The number of benzene rings is 1. The Bertz CT molecular complexity index is 1330. The number of nitrogens with one attached hydrogen (secondary N) is 1. The number of fused-ring (bicyclic) bond motifs is 7. The van der Waals surface area contributed by atoms with Crippen LogP contribution in [0.3, 0.4) is 0 Å². The summed E-state index contributed by atoms with van der Waals surface area (Å²) in [6, 6.07) is 8.29. The highest BCUT2D eigenvalue weighted by atomic mass is 16.7. The van der Waals surface area contributed by atoms with Gasteiger partial charge in [0.15, 0.2) is 11.6 Å². The zero-order valence-electron chi connectivity index (χ0n) is 24.1. The number of allylic oxidation sites excluding steroid dienone is 1. The number of hydrogen-bond acceptors (Lipinski definition) is 7. The molecule has 0 saturated heterocycles. The number of aliphatic hydroxyl groups is 1. The van der Waals surface area contributed by atoms with E-state index in [-0.39, 0.29) is 24.4 Å². The predicted octanol–water partition coefficient (Wildman–Crippen LogP) is 4.37. The number of methoxy groups -OCH3 is 2. The number of carbonyl (C=O) groups is 2. The summed E-state index contributed by atoms with van der Waals surface area (Å²) in [4.78, 5) is 28.7. The molecule has 0 spiro atoms. The number of H-pyrrole nitrogens is 1. The Labute approximate surface area is 230 Å². The molecule has 0 aliphatic heterocycles. The lowest BCUT2D eigenvalue weighted by atomic mass is 9.41. The SMILES string of the molecule is COC(=O)CO[C@H]1C[C@H]2Cc3c([nH]c4ccccc34)[C@]2(C)C2(C)CC[C@](OC)(OC(C)C)/C(=C\C(C)=O)[C@]12O. The van der Waals surface area contributed by atoms with E-state index in [4.69, 9.17) is 18.9 Å². The lowest BCUT2D eigenvalue weighted by Gasteiger charge is -2.67. The Hall–Kier alpha value is -2.52. The van der Waals surface area contributed by atoms with Crippen molar-refractivity contribution < 1.29 is 33.6 Å². The summed E-state index contributed by atoms with van der Waals surface area (Å²) in [5.74, 6) is -1.95. The Kier molecular flexibility index (Phi) is 6.86. The van der Waals surface area contributed by atoms with Gasteiger partial charge in [0.2, 0.25) is 0 Å². The fourth-order valence-electron chi connectivity index (χ4n) is 8.10. The van der Waals surface area contributed by atoms with Crippen LogP contribution in [0, 0.1) is 11.3 Å². The molecule has 2 aromatic rings. The van der Waals surface area contributed by atoms with Crippen molar-refractivity contribution in [1.82, 2.24) is 4.98 Å². The molecule has 2 N–H and O–H groups in total. The molecule has 2 fully saturated rings. The van der Waals surface area contributed by atoms with Gasteiger partial charge in [-0.15, -0.1) is 0 Å². The molecule has 1 aromatic carbocycles. The highest BCUT2D eigenvalue weighted by molar-refractivity contribution is 5.89. The van der Waals surface area contributed by atoms with Crippen LogP contribution in [-0.4, -0.2) is 66.3 Å². The molecular formula is C31H41NO7. The van der Waals surface area contributed by atoms with Crippen molar-refractivity contribution in [2.45, 2.75) is 89.3 Å². The molecular weight excluding hydrogens is 498 g/mol. The molecule has 1 unspecified atom stereocenters. The van der Waals surface area contributed by atoms with Crippen molar-refractivity contribution in [3.05, 3.63) is 47.2 Å². The number of hydrogen-bond donors (Lipinski definition) is 2. The van der Waals surface area contributed by atoms with E-state index in [1.807, 2.05) is 26.0 Å². The maximum Gasteiger partial charge on any atom is 0.331 e. The van der Waals surface area contributed by atoms with Crippen LogP contribution in [0.2, 0.25) is 0 Å². The molecule has 1 aromatic heterocycles. The second-order valence-electron chi connectivity index (χ2n) is 12.1. The molecule has 3 aliphatic carbocycles. The Morgan fingerprint density at radius 3 is 2.54 bits per heavy atom. The van der Waals surface area contributed by atoms with Crippen LogP contribution in [0.4, 0.5) is 0 Å². The van der Waals surface area contributed by atoms with Crippen LogP contribution in [0.15, 0.2) is 35.9 Å².